The molecule has 0 fully saturated rings. The van der Waals surface area contributed by atoms with Crippen LogP contribution >= 0.6 is 11.6 Å². The maximum Gasteiger partial charge on any atom is 0.237 e. The van der Waals surface area contributed by atoms with Gasteiger partial charge in [0, 0.05) is 17.2 Å². The molecule has 2 aromatic carbocycles. The molecule has 0 aliphatic carbocycles. The number of ketones is 1. The van der Waals surface area contributed by atoms with Crippen molar-refractivity contribution in [2.24, 2.45) is 0 Å². The second-order valence-corrected chi connectivity index (χ2v) is 6.04. The van der Waals surface area contributed by atoms with Crippen molar-refractivity contribution in [3.05, 3.63) is 71.2 Å². The van der Waals surface area contributed by atoms with Crippen LogP contribution in [0, 0.1) is 0 Å². The number of fused-ring (bicyclic) bond motifs is 1. The number of nitrogens with zero attached hydrogens (tertiary/aromatic N) is 4. The van der Waals surface area contributed by atoms with E-state index in [-0.39, 0.29) is 5.78 Å². The Bertz CT molecular complexity index is 1110. The predicted octanol–water partition coefficient (Wildman–Crippen LogP) is 4.44. The Hall–Kier alpha value is -3.25. The van der Waals surface area contributed by atoms with Crippen LogP contribution in [-0.2, 0) is 0 Å². The average molecular weight is 365 g/mol. The molecule has 7 heteroatoms. The smallest absolute Gasteiger partial charge is 0.237 e. The molecule has 2 aromatic heterocycles. The maximum atomic E-state index is 11.4. The quantitative estimate of drug-likeness (QED) is 0.501. The highest BCUT2D eigenvalue weighted by Gasteiger charge is 2.12. The number of halogens is 1. The fraction of sp³-hybridized carbons (Fsp3) is 0.0526. The summed E-state index contributed by atoms with van der Waals surface area (Å²) in [7, 11) is 0. The van der Waals surface area contributed by atoms with E-state index in [1.165, 1.54) is 6.92 Å². The number of Topliss-reactive ketones (excluding diaryl/α,β-unsaturated/α-hetero) is 1. The molecular formula is C19H13ClN4O2. The fourth-order valence-electron chi connectivity index (χ4n) is 2.51. The molecule has 128 valence electrons. The van der Waals surface area contributed by atoms with E-state index in [1.54, 1.807) is 34.8 Å². The highest BCUT2D eigenvalue weighted by Crippen LogP contribution is 2.30. The van der Waals surface area contributed by atoms with Gasteiger partial charge in [0.05, 0.1) is 5.02 Å². The SMILES string of the molecule is CC(=O)c1ccc(Oc2ccc3nnc(-c4ccccc4)n3n2)c(Cl)c1. The van der Waals surface area contributed by atoms with E-state index in [1.807, 2.05) is 30.3 Å². The van der Waals surface area contributed by atoms with Gasteiger partial charge in [0.15, 0.2) is 17.3 Å². The number of hydrogen-bond donors (Lipinski definition) is 0. The highest BCUT2D eigenvalue weighted by molar-refractivity contribution is 6.32. The molecule has 26 heavy (non-hydrogen) atoms. The molecule has 4 aromatic rings. The van der Waals surface area contributed by atoms with Crippen molar-refractivity contribution in [1.82, 2.24) is 19.8 Å². The molecule has 0 radical (unpaired) electrons. The van der Waals surface area contributed by atoms with Crippen molar-refractivity contribution >= 4 is 23.0 Å². The van der Waals surface area contributed by atoms with Crippen molar-refractivity contribution in [1.29, 1.82) is 0 Å². The van der Waals surface area contributed by atoms with Crippen LogP contribution < -0.4 is 4.74 Å². The summed E-state index contributed by atoms with van der Waals surface area (Å²) >= 11 is 6.21. The van der Waals surface area contributed by atoms with E-state index in [4.69, 9.17) is 16.3 Å². The van der Waals surface area contributed by atoms with Gasteiger partial charge in [-0.1, -0.05) is 41.9 Å². The number of hydrogen-bond acceptors (Lipinski definition) is 5. The van der Waals surface area contributed by atoms with Gasteiger partial charge < -0.3 is 4.74 Å². The number of benzene rings is 2. The first-order valence-electron chi connectivity index (χ1n) is 7.88. The molecule has 0 N–H and O–H groups in total. The zero-order valence-electron chi connectivity index (χ0n) is 13.8. The van der Waals surface area contributed by atoms with E-state index in [9.17, 15) is 4.79 Å². The second kappa shape index (κ2) is 6.57. The minimum Gasteiger partial charge on any atom is -0.436 e. The molecule has 0 aliphatic rings. The standard InChI is InChI=1S/C19H13ClN4O2/c1-12(25)14-7-8-16(15(20)11-14)26-18-10-9-17-21-22-19(24(17)23-18)13-5-3-2-4-6-13/h2-11H,1H3. The molecule has 0 saturated carbocycles. The Kier molecular flexibility index (Phi) is 4.10. The van der Waals surface area contributed by atoms with Crippen molar-refractivity contribution < 1.29 is 9.53 Å². The highest BCUT2D eigenvalue weighted by atomic mass is 35.5. The van der Waals surface area contributed by atoms with Gasteiger partial charge >= 0.3 is 0 Å². The van der Waals surface area contributed by atoms with Crippen LogP contribution in [0.1, 0.15) is 17.3 Å². The van der Waals surface area contributed by atoms with Crippen molar-refractivity contribution in [3.8, 4) is 23.0 Å². The molecule has 0 aliphatic heterocycles. The summed E-state index contributed by atoms with van der Waals surface area (Å²) in [6, 6.07) is 18.0. The summed E-state index contributed by atoms with van der Waals surface area (Å²) in [6.45, 7) is 1.48. The minimum atomic E-state index is -0.0602. The third kappa shape index (κ3) is 3.02. The third-order valence-electron chi connectivity index (χ3n) is 3.82. The number of carbonyl (C=O) groups is 1. The third-order valence-corrected chi connectivity index (χ3v) is 4.12. The predicted molar refractivity (Wildman–Crippen MR) is 97.7 cm³/mol. The number of ether oxygens (including phenoxy) is 1. The Balaban J connectivity index is 1.71. The normalized spacial score (nSPS) is 10.8. The summed E-state index contributed by atoms with van der Waals surface area (Å²) in [4.78, 5) is 11.4. The molecule has 0 bridgehead atoms. The van der Waals surface area contributed by atoms with Gasteiger partial charge in [-0.2, -0.15) is 4.52 Å². The van der Waals surface area contributed by atoms with Gasteiger partial charge in [-0.15, -0.1) is 15.3 Å². The van der Waals surface area contributed by atoms with Gasteiger partial charge in [-0.25, -0.2) is 0 Å². The molecule has 6 nitrogen and oxygen atoms in total. The molecule has 2 heterocycles. The molecule has 0 atom stereocenters. The molecule has 4 rings (SSSR count). The molecule has 0 spiro atoms. The van der Waals surface area contributed by atoms with Crippen LogP contribution in [0.25, 0.3) is 17.0 Å². The fourth-order valence-corrected chi connectivity index (χ4v) is 2.73. The Labute approximate surface area is 154 Å². The van der Waals surface area contributed by atoms with Crippen LogP contribution in [0.2, 0.25) is 5.02 Å². The van der Waals surface area contributed by atoms with Crippen LogP contribution in [0.3, 0.4) is 0 Å². The summed E-state index contributed by atoms with van der Waals surface area (Å²) in [5.41, 5.74) is 2.03. The van der Waals surface area contributed by atoms with E-state index in [2.05, 4.69) is 15.3 Å². The van der Waals surface area contributed by atoms with Gasteiger partial charge in [0.2, 0.25) is 5.88 Å². The second-order valence-electron chi connectivity index (χ2n) is 5.63. The van der Waals surface area contributed by atoms with E-state index in [0.717, 1.165) is 5.56 Å². The largest absolute Gasteiger partial charge is 0.436 e. The van der Waals surface area contributed by atoms with E-state index >= 15 is 0 Å². The monoisotopic (exact) mass is 364 g/mol. The van der Waals surface area contributed by atoms with Gasteiger partial charge in [0.25, 0.3) is 0 Å². The first kappa shape index (κ1) is 16.2. The molecule has 0 amide bonds. The summed E-state index contributed by atoms with van der Waals surface area (Å²) in [6.07, 6.45) is 0. The van der Waals surface area contributed by atoms with Crippen LogP contribution in [0.5, 0.6) is 11.6 Å². The molecular weight excluding hydrogens is 352 g/mol. The maximum absolute atomic E-state index is 11.4. The minimum absolute atomic E-state index is 0.0602. The topological polar surface area (TPSA) is 69.4 Å². The molecule has 0 saturated heterocycles. The zero-order chi connectivity index (χ0) is 18.1. The lowest BCUT2D eigenvalue weighted by molar-refractivity contribution is 0.101. The summed E-state index contributed by atoms with van der Waals surface area (Å²) < 4.78 is 7.40. The Morgan fingerprint density at radius 3 is 2.58 bits per heavy atom. The number of rotatable bonds is 4. The van der Waals surface area contributed by atoms with Crippen molar-refractivity contribution in [2.75, 3.05) is 0 Å². The first-order valence-corrected chi connectivity index (χ1v) is 8.26. The summed E-state index contributed by atoms with van der Waals surface area (Å²) in [5.74, 6) is 1.31. The van der Waals surface area contributed by atoms with Gasteiger partial charge in [-0.3, -0.25) is 4.79 Å². The van der Waals surface area contributed by atoms with E-state index < -0.39 is 0 Å². The summed E-state index contributed by atoms with van der Waals surface area (Å²) in [5, 5.41) is 13.1. The number of aromatic nitrogens is 4. The van der Waals surface area contributed by atoms with Crippen LogP contribution in [-0.4, -0.2) is 25.6 Å². The molecule has 0 unspecified atom stereocenters. The Morgan fingerprint density at radius 1 is 1.04 bits per heavy atom. The lowest BCUT2D eigenvalue weighted by Gasteiger charge is -2.08. The van der Waals surface area contributed by atoms with E-state index in [0.29, 0.717) is 33.7 Å². The van der Waals surface area contributed by atoms with Gasteiger partial charge in [-0.05, 0) is 31.2 Å². The van der Waals surface area contributed by atoms with Crippen molar-refractivity contribution in [3.63, 3.8) is 0 Å². The lowest BCUT2D eigenvalue weighted by Crippen LogP contribution is -1.98. The first-order chi connectivity index (χ1) is 12.6. The lowest BCUT2D eigenvalue weighted by atomic mass is 10.1. The number of carbonyl (C=O) groups excluding carboxylic acids is 1. The Morgan fingerprint density at radius 2 is 1.85 bits per heavy atom. The average Bonchev–Trinajstić information content (AvgIpc) is 3.07. The van der Waals surface area contributed by atoms with Gasteiger partial charge in [0.1, 0.15) is 5.75 Å². The van der Waals surface area contributed by atoms with Crippen LogP contribution in [0.15, 0.2) is 60.7 Å². The zero-order valence-corrected chi connectivity index (χ0v) is 14.5. The van der Waals surface area contributed by atoms with Crippen LogP contribution in [0.4, 0.5) is 0 Å². The van der Waals surface area contributed by atoms with Crippen molar-refractivity contribution in [2.45, 2.75) is 6.92 Å².